The number of carbonyl (C=O) groups is 1. The van der Waals surface area contributed by atoms with Crippen molar-refractivity contribution in [2.45, 2.75) is 18.8 Å². The molecule has 5 rings (SSSR count). The molecule has 0 spiro atoms. The Morgan fingerprint density at radius 2 is 1.70 bits per heavy atom. The van der Waals surface area contributed by atoms with E-state index in [1.807, 2.05) is 41.3 Å². The molecule has 1 atom stereocenters. The van der Waals surface area contributed by atoms with Crippen molar-refractivity contribution in [3.63, 3.8) is 0 Å². The summed E-state index contributed by atoms with van der Waals surface area (Å²) in [6, 6.07) is 11.3. The van der Waals surface area contributed by atoms with Crippen molar-refractivity contribution in [2.24, 2.45) is 0 Å². The summed E-state index contributed by atoms with van der Waals surface area (Å²) in [7, 11) is 0. The van der Waals surface area contributed by atoms with E-state index in [1.54, 1.807) is 37.2 Å². The monoisotopic (exact) mass is 438 g/mol. The molecule has 1 saturated heterocycles. The van der Waals surface area contributed by atoms with Gasteiger partial charge in [0.25, 0.3) is 5.91 Å². The molecular weight excluding hydrogens is 416 g/mol. The number of para-hydroxylation sites is 1. The van der Waals surface area contributed by atoms with Crippen LogP contribution < -0.4 is 4.74 Å². The largest absolute Gasteiger partial charge is 0.437 e. The van der Waals surface area contributed by atoms with Crippen LogP contribution in [0.5, 0.6) is 11.6 Å². The highest BCUT2D eigenvalue weighted by Crippen LogP contribution is 2.28. The summed E-state index contributed by atoms with van der Waals surface area (Å²) in [5, 5.41) is 0. The molecule has 0 bridgehead atoms. The van der Waals surface area contributed by atoms with Crippen molar-refractivity contribution in [3.8, 4) is 22.8 Å². The van der Waals surface area contributed by atoms with Crippen molar-refractivity contribution >= 4 is 5.91 Å². The predicted molar refractivity (Wildman–Crippen MR) is 122 cm³/mol. The van der Waals surface area contributed by atoms with Crippen LogP contribution in [0.3, 0.4) is 0 Å². The number of aromatic nitrogens is 5. The van der Waals surface area contributed by atoms with Gasteiger partial charge in [-0.15, -0.1) is 0 Å². The van der Waals surface area contributed by atoms with Gasteiger partial charge in [0.1, 0.15) is 12.1 Å². The van der Waals surface area contributed by atoms with Gasteiger partial charge in [-0.3, -0.25) is 14.8 Å². The van der Waals surface area contributed by atoms with Crippen molar-refractivity contribution in [1.29, 1.82) is 0 Å². The average Bonchev–Trinajstić information content (AvgIpc) is 2.90. The topological polar surface area (TPSA) is 94.0 Å². The van der Waals surface area contributed by atoms with Crippen molar-refractivity contribution in [3.05, 3.63) is 91.2 Å². The standard InChI is InChI=1S/C25H22N6O2/c32-25(20-9-19(10-26-11-20)21-12-28-17-29-13-21)31-8-4-5-18(16-31)23-14-27-15-24(30-23)33-22-6-2-1-3-7-22/h1-3,6-7,9-15,17-18H,4-5,8,16H2. The normalized spacial score (nSPS) is 15.8. The number of benzene rings is 1. The number of nitrogens with zero attached hydrogens (tertiary/aromatic N) is 6. The molecule has 33 heavy (non-hydrogen) atoms. The number of carbonyl (C=O) groups excluding carboxylic acids is 1. The van der Waals surface area contributed by atoms with E-state index in [9.17, 15) is 4.79 Å². The Kier molecular flexibility index (Phi) is 5.97. The lowest BCUT2D eigenvalue weighted by Crippen LogP contribution is -2.39. The van der Waals surface area contributed by atoms with E-state index < -0.39 is 0 Å². The fourth-order valence-corrected chi connectivity index (χ4v) is 3.97. The number of hydrogen-bond donors (Lipinski definition) is 0. The fourth-order valence-electron chi connectivity index (χ4n) is 3.97. The predicted octanol–water partition coefficient (Wildman–Crippen LogP) is 4.14. The van der Waals surface area contributed by atoms with Gasteiger partial charge in [0.05, 0.1) is 17.5 Å². The first-order valence-corrected chi connectivity index (χ1v) is 10.8. The molecule has 1 aromatic carbocycles. The SMILES string of the molecule is O=C(c1cncc(-c2cncnc2)c1)N1CCCC(c2cncc(Oc3ccccc3)n2)C1. The molecule has 0 N–H and O–H groups in total. The van der Waals surface area contributed by atoms with Crippen LogP contribution in [0, 0.1) is 0 Å². The summed E-state index contributed by atoms with van der Waals surface area (Å²) >= 11 is 0. The van der Waals surface area contributed by atoms with Gasteiger partial charge >= 0.3 is 0 Å². The van der Waals surface area contributed by atoms with Gasteiger partial charge in [0, 0.05) is 61.1 Å². The third-order valence-corrected chi connectivity index (χ3v) is 5.60. The van der Waals surface area contributed by atoms with Gasteiger partial charge in [-0.25, -0.2) is 15.0 Å². The molecule has 1 amide bonds. The van der Waals surface area contributed by atoms with E-state index in [1.165, 1.54) is 6.33 Å². The lowest BCUT2D eigenvalue weighted by Gasteiger charge is -2.32. The number of amides is 1. The first-order chi connectivity index (χ1) is 16.3. The quantitative estimate of drug-likeness (QED) is 0.462. The van der Waals surface area contributed by atoms with Gasteiger partial charge in [-0.1, -0.05) is 18.2 Å². The molecule has 4 heterocycles. The van der Waals surface area contributed by atoms with E-state index >= 15 is 0 Å². The second-order valence-corrected chi connectivity index (χ2v) is 7.88. The van der Waals surface area contributed by atoms with Gasteiger partial charge in [0.2, 0.25) is 5.88 Å². The number of pyridine rings is 1. The van der Waals surface area contributed by atoms with Gasteiger partial charge in [0.15, 0.2) is 0 Å². The molecule has 4 aromatic rings. The molecule has 0 radical (unpaired) electrons. The lowest BCUT2D eigenvalue weighted by molar-refractivity contribution is 0.0705. The van der Waals surface area contributed by atoms with E-state index in [0.717, 1.165) is 29.7 Å². The van der Waals surface area contributed by atoms with Gasteiger partial charge < -0.3 is 9.64 Å². The Morgan fingerprint density at radius 1 is 0.909 bits per heavy atom. The molecule has 0 aliphatic carbocycles. The number of piperidine rings is 1. The number of ether oxygens (including phenoxy) is 1. The highest BCUT2D eigenvalue weighted by Gasteiger charge is 2.27. The van der Waals surface area contributed by atoms with Crippen molar-refractivity contribution < 1.29 is 9.53 Å². The molecule has 164 valence electrons. The summed E-state index contributed by atoms with van der Waals surface area (Å²) in [5.74, 6) is 1.20. The minimum atomic E-state index is -0.0458. The summed E-state index contributed by atoms with van der Waals surface area (Å²) in [6.45, 7) is 1.27. The highest BCUT2D eigenvalue weighted by molar-refractivity contribution is 5.95. The van der Waals surface area contributed by atoms with Crippen LogP contribution in [0.25, 0.3) is 11.1 Å². The Labute approximate surface area is 191 Å². The lowest BCUT2D eigenvalue weighted by atomic mass is 9.94. The molecule has 1 aliphatic heterocycles. The van der Waals surface area contributed by atoms with Gasteiger partial charge in [-0.2, -0.15) is 0 Å². The maximum Gasteiger partial charge on any atom is 0.255 e. The maximum atomic E-state index is 13.3. The fraction of sp³-hybridized carbons (Fsp3) is 0.200. The third kappa shape index (κ3) is 4.85. The van der Waals surface area contributed by atoms with E-state index in [4.69, 9.17) is 4.74 Å². The second-order valence-electron chi connectivity index (χ2n) is 7.88. The molecule has 3 aromatic heterocycles. The minimum absolute atomic E-state index is 0.0458. The van der Waals surface area contributed by atoms with E-state index in [2.05, 4.69) is 24.9 Å². The highest BCUT2D eigenvalue weighted by atomic mass is 16.5. The maximum absolute atomic E-state index is 13.3. The van der Waals surface area contributed by atoms with Gasteiger partial charge in [-0.05, 0) is 31.0 Å². The van der Waals surface area contributed by atoms with Crippen LogP contribution in [0.2, 0.25) is 0 Å². The van der Waals surface area contributed by atoms with Crippen LogP contribution in [-0.2, 0) is 0 Å². The summed E-state index contributed by atoms with van der Waals surface area (Å²) in [4.78, 5) is 36.5. The molecule has 1 fully saturated rings. The molecule has 0 saturated carbocycles. The third-order valence-electron chi connectivity index (χ3n) is 5.60. The number of likely N-dealkylation sites (tertiary alicyclic amines) is 1. The first kappa shape index (κ1) is 20.7. The minimum Gasteiger partial charge on any atom is -0.437 e. The summed E-state index contributed by atoms with van der Waals surface area (Å²) in [5.41, 5.74) is 3.01. The first-order valence-electron chi connectivity index (χ1n) is 10.8. The molecule has 8 nitrogen and oxygen atoms in total. The van der Waals surface area contributed by atoms with Crippen LogP contribution >= 0.6 is 0 Å². The zero-order valence-electron chi connectivity index (χ0n) is 17.9. The Bertz CT molecular complexity index is 1240. The zero-order chi connectivity index (χ0) is 22.5. The zero-order valence-corrected chi connectivity index (χ0v) is 17.9. The molecule has 8 heteroatoms. The van der Waals surface area contributed by atoms with Crippen molar-refractivity contribution in [2.75, 3.05) is 13.1 Å². The Hall–Kier alpha value is -4.20. The van der Waals surface area contributed by atoms with Crippen LogP contribution in [0.1, 0.15) is 34.8 Å². The summed E-state index contributed by atoms with van der Waals surface area (Å²) < 4.78 is 5.84. The molecular formula is C25H22N6O2. The van der Waals surface area contributed by atoms with Crippen LogP contribution in [-0.4, -0.2) is 48.8 Å². The number of rotatable bonds is 5. The van der Waals surface area contributed by atoms with Crippen molar-refractivity contribution in [1.82, 2.24) is 29.8 Å². The van der Waals surface area contributed by atoms with E-state index in [0.29, 0.717) is 30.3 Å². The van der Waals surface area contributed by atoms with E-state index in [-0.39, 0.29) is 11.8 Å². The second kappa shape index (κ2) is 9.52. The smallest absolute Gasteiger partial charge is 0.255 e. The molecule has 1 aliphatic rings. The number of hydrogen-bond acceptors (Lipinski definition) is 7. The average molecular weight is 438 g/mol. The van der Waals surface area contributed by atoms with Crippen LogP contribution in [0.15, 0.2) is 79.9 Å². The molecule has 1 unspecified atom stereocenters. The Balaban J connectivity index is 1.31. The Morgan fingerprint density at radius 3 is 2.55 bits per heavy atom. The summed E-state index contributed by atoms with van der Waals surface area (Å²) in [6.07, 6.45) is 13.4. The van der Waals surface area contributed by atoms with Crippen LogP contribution in [0.4, 0.5) is 0 Å².